The van der Waals surface area contributed by atoms with Crippen LogP contribution in [0.5, 0.6) is 0 Å². The van der Waals surface area contributed by atoms with Crippen molar-refractivity contribution >= 4 is 21.8 Å². The van der Waals surface area contributed by atoms with Gasteiger partial charge in [-0.3, -0.25) is 4.79 Å². The average Bonchev–Trinajstić information content (AvgIpc) is 2.27. The van der Waals surface area contributed by atoms with Crippen LogP contribution in [-0.4, -0.2) is 25.3 Å². The zero-order chi connectivity index (χ0) is 14.5. The van der Waals surface area contributed by atoms with Crippen LogP contribution in [0.25, 0.3) is 0 Å². The first-order valence-electron chi connectivity index (χ1n) is 5.47. The summed E-state index contributed by atoms with van der Waals surface area (Å²) in [4.78, 5) is 11.4. The Labute approximate surface area is 117 Å². The fraction of sp³-hybridized carbons (Fsp3) is 0.417. The van der Waals surface area contributed by atoms with E-state index in [9.17, 15) is 18.0 Å². The summed E-state index contributed by atoms with van der Waals surface area (Å²) in [6.07, 6.45) is -4.42. The molecule has 106 valence electrons. The van der Waals surface area contributed by atoms with E-state index in [0.29, 0.717) is 0 Å². The summed E-state index contributed by atoms with van der Waals surface area (Å²) >= 11 is 3.30. The van der Waals surface area contributed by atoms with Crippen molar-refractivity contribution in [3.05, 3.63) is 34.3 Å². The molecule has 19 heavy (non-hydrogen) atoms. The molecule has 0 spiro atoms. The van der Waals surface area contributed by atoms with E-state index in [1.54, 1.807) is 6.92 Å². The third-order valence-corrected chi connectivity index (χ3v) is 2.72. The molecule has 1 unspecified atom stereocenters. The summed E-state index contributed by atoms with van der Waals surface area (Å²) in [5.41, 5.74) is 0.846. The van der Waals surface area contributed by atoms with E-state index in [4.69, 9.17) is 0 Å². The molecule has 0 bridgehead atoms. The molecular weight excluding hydrogens is 327 g/mol. The summed E-state index contributed by atoms with van der Waals surface area (Å²) in [7, 11) is 0. The topological polar surface area (TPSA) is 38.3 Å². The van der Waals surface area contributed by atoms with Crippen LogP contribution in [-0.2, 0) is 9.53 Å². The van der Waals surface area contributed by atoms with Crippen LogP contribution >= 0.6 is 15.9 Å². The van der Waals surface area contributed by atoms with E-state index in [1.807, 2.05) is 24.3 Å². The van der Waals surface area contributed by atoms with Crippen molar-refractivity contribution in [3.63, 3.8) is 0 Å². The Kier molecular flexibility index (Phi) is 5.81. The molecule has 0 radical (unpaired) electrons. The van der Waals surface area contributed by atoms with Gasteiger partial charge in [-0.15, -0.1) is 0 Å². The lowest BCUT2D eigenvalue weighted by molar-refractivity contribution is -0.175. The van der Waals surface area contributed by atoms with Crippen molar-refractivity contribution in [1.29, 1.82) is 0 Å². The van der Waals surface area contributed by atoms with Crippen molar-refractivity contribution < 1.29 is 22.7 Å². The maximum atomic E-state index is 11.8. The number of carbonyl (C=O) groups excluding carboxylic acids is 1. The number of carbonyl (C=O) groups is 1. The molecule has 0 heterocycles. The summed E-state index contributed by atoms with van der Waals surface area (Å²) in [5.74, 6) is -0.586. The number of alkyl halides is 3. The third kappa shape index (κ3) is 6.58. The number of hydrogen-bond acceptors (Lipinski definition) is 2. The Hall–Kier alpha value is -1.08. The Morgan fingerprint density at radius 3 is 2.74 bits per heavy atom. The lowest BCUT2D eigenvalue weighted by Gasteiger charge is -2.15. The molecule has 1 N–H and O–H groups in total. The Morgan fingerprint density at radius 1 is 1.47 bits per heavy atom. The first-order valence-corrected chi connectivity index (χ1v) is 6.26. The highest BCUT2D eigenvalue weighted by Gasteiger charge is 2.27. The second-order valence-electron chi connectivity index (χ2n) is 3.95. The number of hydrogen-bond donors (Lipinski definition) is 1. The number of ether oxygens (including phenoxy) is 1. The van der Waals surface area contributed by atoms with Crippen LogP contribution in [0, 0.1) is 0 Å². The third-order valence-electron chi connectivity index (χ3n) is 2.23. The van der Waals surface area contributed by atoms with Crippen LogP contribution in [0.3, 0.4) is 0 Å². The normalized spacial score (nSPS) is 13.1. The Balaban J connectivity index is 2.40. The molecule has 3 nitrogen and oxygen atoms in total. The van der Waals surface area contributed by atoms with E-state index in [0.717, 1.165) is 10.0 Å². The maximum Gasteiger partial charge on any atom is 0.411 e. The molecule has 1 aromatic carbocycles. The second-order valence-corrected chi connectivity index (χ2v) is 4.87. The predicted octanol–water partition coefficient (Wildman–Crippen LogP) is 3.21. The molecular formula is C12H13BrF3NO2. The number of benzene rings is 1. The summed E-state index contributed by atoms with van der Waals surface area (Å²) in [5, 5.41) is 2.56. The molecule has 0 aliphatic heterocycles. The quantitative estimate of drug-likeness (QED) is 0.894. The average molecular weight is 340 g/mol. The van der Waals surface area contributed by atoms with E-state index in [1.165, 1.54) is 0 Å². The molecule has 0 saturated heterocycles. The number of halogens is 4. The minimum absolute atomic E-state index is 0.306. The number of nitrogens with one attached hydrogen (secondary N) is 1. The molecule has 0 aliphatic carbocycles. The van der Waals surface area contributed by atoms with Gasteiger partial charge < -0.3 is 10.1 Å². The van der Waals surface area contributed by atoms with E-state index < -0.39 is 25.3 Å². The largest absolute Gasteiger partial charge is 0.411 e. The summed E-state index contributed by atoms with van der Waals surface area (Å²) in [6, 6.07) is 6.97. The molecule has 0 aliphatic rings. The van der Waals surface area contributed by atoms with Gasteiger partial charge in [-0.1, -0.05) is 28.1 Å². The van der Waals surface area contributed by atoms with Crippen molar-refractivity contribution in [2.75, 3.05) is 13.2 Å². The highest BCUT2D eigenvalue weighted by Crippen LogP contribution is 2.18. The first kappa shape index (κ1) is 16.0. The highest BCUT2D eigenvalue weighted by atomic mass is 79.9. The zero-order valence-electron chi connectivity index (χ0n) is 10.1. The van der Waals surface area contributed by atoms with Gasteiger partial charge in [-0.05, 0) is 24.6 Å². The molecule has 0 saturated carbocycles. The minimum Gasteiger partial charge on any atom is -0.362 e. The molecule has 1 rings (SSSR count). The second kappa shape index (κ2) is 6.91. The van der Waals surface area contributed by atoms with Gasteiger partial charge in [-0.25, -0.2) is 0 Å². The Bertz CT molecular complexity index is 437. The van der Waals surface area contributed by atoms with Gasteiger partial charge >= 0.3 is 6.18 Å². The van der Waals surface area contributed by atoms with Crippen molar-refractivity contribution in [2.24, 2.45) is 0 Å². The smallest absolute Gasteiger partial charge is 0.362 e. The van der Waals surface area contributed by atoms with E-state index >= 15 is 0 Å². The van der Waals surface area contributed by atoms with Gasteiger partial charge in [0, 0.05) is 4.47 Å². The highest BCUT2D eigenvalue weighted by molar-refractivity contribution is 9.10. The fourth-order valence-corrected chi connectivity index (χ4v) is 1.82. The molecule has 1 atom stereocenters. The van der Waals surface area contributed by atoms with Crippen LogP contribution in [0.1, 0.15) is 18.5 Å². The van der Waals surface area contributed by atoms with Gasteiger partial charge in [0.1, 0.15) is 13.2 Å². The minimum atomic E-state index is -4.42. The van der Waals surface area contributed by atoms with Gasteiger partial charge in [0.15, 0.2) is 0 Å². The summed E-state index contributed by atoms with van der Waals surface area (Å²) < 4.78 is 40.6. The first-order chi connectivity index (χ1) is 8.78. The van der Waals surface area contributed by atoms with Gasteiger partial charge in [-0.2, -0.15) is 13.2 Å². The van der Waals surface area contributed by atoms with Crippen LogP contribution in [0.4, 0.5) is 13.2 Å². The zero-order valence-corrected chi connectivity index (χ0v) is 11.7. The predicted molar refractivity (Wildman–Crippen MR) is 67.6 cm³/mol. The molecule has 1 amide bonds. The SMILES string of the molecule is CC(NC(=O)COCC(F)(F)F)c1cccc(Br)c1. The lowest BCUT2D eigenvalue weighted by Crippen LogP contribution is -2.31. The van der Waals surface area contributed by atoms with Crippen LogP contribution in [0.15, 0.2) is 28.7 Å². The van der Waals surface area contributed by atoms with Crippen molar-refractivity contribution in [3.8, 4) is 0 Å². The summed E-state index contributed by atoms with van der Waals surface area (Å²) in [6.45, 7) is -0.299. The van der Waals surface area contributed by atoms with Crippen LogP contribution in [0.2, 0.25) is 0 Å². The monoisotopic (exact) mass is 339 g/mol. The standard InChI is InChI=1S/C12H13BrF3NO2/c1-8(9-3-2-4-10(13)5-9)17-11(18)6-19-7-12(14,15)16/h2-5,8H,6-7H2,1H3,(H,17,18). The number of rotatable bonds is 5. The number of amides is 1. The lowest BCUT2D eigenvalue weighted by atomic mass is 10.1. The van der Waals surface area contributed by atoms with Crippen LogP contribution < -0.4 is 5.32 Å². The van der Waals surface area contributed by atoms with Gasteiger partial charge in [0.25, 0.3) is 0 Å². The van der Waals surface area contributed by atoms with E-state index in [2.05, 4.69) is 26.0 Å². The van der Waals surface area contributed by atoms with Crippen molar-refractivity contribution in [2.45, 2.75) is 19.1 Å². The fourth-order valence-electron chi connectivity index (χ4n) is 1.40. The van der Waals surface area contributed by atoms with Gasteiger partial charge in [0.2, 0.25) is 5.91 Å². The van der Waals surface area contributed by atoms with E-state index in [-0.39, 0.29) is 6.04 Å². The molecule has 7 heteroatoms. The molecule has 1 aromatic rings. The molecule has 0 aromatic heterocycles. The molecule has 0 fully saturated rings. The Morgan fingerprint density at radius 2 is 2.16 bits per heavy atom. The van der Waals surface area contributed by atoms with Crippen molar-refractivity contribution in [1.82, 2.24) is 5.32 Å². The maximum absolute atomic E-state index is 11.8. The van der Waals surface area contributed by atoms with Gasteiger partial charge in [0.05, 0.1) is 6.04 Å².